The number of carbonyl (C=O) groups excluding carboxylic acids is 4. The first-order chi connectivity index (χ1) is 27.3. The number of hydrogen-bond acceptors (Lipinski definition) is 8. The molecule has 4 amide bonds. The highest BCUT2D eigenvalue weighted by molar-refractivity contribution is 5.94. The normalized spacial score (nSPS) is 17.0. The average Bonchev–Trinajstić information content (AvgIpc) is 3.61. The number of pyridine rings is 1. The fourth-order valence-corrected chi connectivity index (χ4v) is 6.51. The van der Waals surface area contributed by atoms with Crippen LogP contribution in [-0.4, -0.2) is 95.9 Å². The first-order valence-electron chi connectivity index (χ1n) is 18.6. The molecule has 1 fully saturated rings. The van der Waals surface area contributed by atoms with Crippen molar-refractivity contribution in [2.24, 2.45) is 5.92 Å². The van der Waals surface area contributed by atoms with Crippen molar-refractivity contribution >= 4 is 41.0 Å². The predicted octanol–water partition coefficient (Wildman–Crippen LogP) is 5.34. The summed E-state index contributed by atoms with van der Waals surface area (Å²) >= 11 is 0. The van der Waals surface area contributed by atoms with Gasteiger partial charge in [0.15, 0.2) is 0 Å². The number of methoxy groups -OCH3 is 1. The molecule has 4 rings (SSSR count). The van der Waals surface area contributed by atoms with Crippen molar-refractivity contribution in [2.75, 3.05) is 20.2 Å². The van der Waals surface area contributed by atoms with Crippen LogP contribution >= 0.6 is 0 Å². The van der Waals surface area contributed by atoms with Gasteiger partial charge in [-0.15, -0.1) is 0 Å². The second-order valence-corrected chi connectivity index (χ2v) is 13.8. The van der Waals surface area contributed by atoms with Crippen molar-refractivity contribution < 1.29 is 51.7 Å². The van der Waals surface area contributed by atoms with Gasteiger partial charge in [-0.05, 0) is 42.5 Å². The number of rotatable bonds is 20. The van der Waals surface area contributed by atoms with Crippen LogP contribution in [0, 0.1) is 5.92 Å². The van der Waals surface area contributed by atoms with Crippen LogP contribution in [0.2, 0.25) is 0 Å². The number of benzene rings is 2. The van der Waals surface area contributed by atoms with E-state index in [4.69, 9.17) is 19.6 Å². The van der Waals surface area contributed by atoms with E-state index in [0.717, 1.165) is 11.6 Å². The Morgan fingerprint density at radius 1 is 1.07 bits per heavy atom. The summed E-state index contributed by atoms with van der Waals surface area (Å²) < 4.78 is 54.2. The number of carbonyl (C=O) groups is 5. The van der Waals surface area contributed by atoms with E-state index in [2.05, 4.69) is 16.0 Å². The van der Waals surface area contributed by atoms with Crippen LogP contribution in [0.4, 0.5) is 13.2 Å². The minimum absolute atomic E-state index is 0.0802. The zero-order valence-corrected chi connectivity index (χ0v) is 32.2. The Morgan fingerprint density at radius 2 is 1.81 bits per heavy atom. The van der Waals surface area contributed by atoms with Crippen molar-refractivity contribution in [2.45, 2.75) is 83.5 Å². The Morgan fingerprint density at radius 3 is 2.44 bits per heavy atom. The van der Waals surface area contributed by atoms with Gasteiger partial charge in [0.1, 0.15) is 41.6 Å². The van der Waals surface area contributed by atoms with Crippen molar-refractivity contribution in [3.05, 3.63) is 78.1 Å². The van der Waals surface area contributed by atoms with Crippen LogP contribution in [-0.2, 0) is 24.0 Å². The SMILES string of the molecule is CC/C=C(CCNC(=O)C(CC(F)F)NC(=O)[C@@H]1CC(Oc2cc(OC)cc3nc(-c4ccccc4)ccc23)CN1C(=O)C(NC=O)C(C)C)\C(F)=C/CC(=O)O. The van der Waals surface area contributed by atoms with Gasteiger partial charge < -0.3 is 35.4 Å². The fraction of sp³-hybridized carbons (Fsp3) is 0.415. The molecule has 3 aromatic rings. The van der Waals surface area contributed by atoms with E-state index in [0.29, 0.717) is 40.9 Å². The maximum atomic E-state index is 14.6. The first-order valence-corrected chi connectivity index (χ1v) is 18.6. The van der Waals surface area contributed by atoms with E-state index < -0.39 is 78.9 Å². The molecule has 2 heterocycles. The van der Waals surface area contributed by atoms with Gasteiger partial charge in [0, 0.05) is 42.5 Å². The zero-order chi connectivity index (χ0) is 41.6. The van der Waals surface area contributed by atoms with Crippen LogP contribution in [0.3, 0.4) is 0 Å². The molecule has 1 aliphatic heterocycles. The van der Waals surface area contributed by atoms with Crippen molar-refractivity contribution in [1.82, 2.24) is 25.8 Å². The second kappa shape index (κ2) is 20.8. The number of halogens is 3. The van der Waals surface area contributed by atoms with Crippen molar-refractivity contribution in [1.29, 1.82) is 0 Å². The number of aliphatic carboxylic acids is 1. The lowest BCUT2D eigenvalue weighted by Crippen LogP contribution is -2.56. The van der Waals surface area contributed by atoms with Crippen LogP contribution in [0.15, 0.2) is 78.1 Å². The second-order valence-electron chi connectivity index (χ2n) is 13.8. The molecule has 0 bridgehead atoms. The minimum atomic E-state index is -3.01. The lowest BCUT2D eigenvalue weighted by molar-refractivity contribution is -0.142. The Kier molecular flexibility index (Phi) is 16.0. The van der Waals surface area contributed by atoms with Crippen molar-refractivity contribution in [3.8, 4) is 22.8 Å². The maximum Gasteiger partial charge on any atom is 0.307 e. The van der Waals surface area contributed by atoms with E-state index in [-0.39, 0.29) is 31.5 Å². The number of hydrogen-bond donors (Lipinski definition) is 4. The van der Waals surface area contributed by atoms with Gasteiger partial charge in [0.2, 0.25) is 30.6 Å². The van der Waals surface area contributed by atoms with Gasteiger partial charge in [0.05, 0.1) is 31.3 Å². The molecule has 4 atom stereocenters. The number of alkyl halides is 2. The van der Waals surface area contributed by atoms with Gasteiger partial charge in [-0.25, -0.2) is 18.2 Å². The molecule has 3 unspecified atom stereocenters. The Balaban J connectivity index is 1.58. The number of amides is 4. The molecule has 0 saturated carbocycles. The molecule has 2 aromatic carbocycles. The smallest absolute Gasteiger partial charge is 0.307 e. The fourth-order valence-electron chi connectivity index (χ4n) is 6.51. The molecule has 1 aliphatic rings. The Labute approximate surface area is 328 Å². The summed E-state index contributed by atoms with van der Waals surface area (Å²) in [4.78, 5) is 69.5. The van der Waals surface area contributed by atoms with E-state index in [1.165, 1.54) is 18.1 Å². The highest BCUT2D eigenvalue weighted by atomic mass is 19.3. The average molecular weight is 796 g/mol. The summed E-state index contributed by atoms with van der Waals surface area (Å²) in [5, 5.41) is 16.8. The molecule has 306 valence electrons. The van der Waals surface area contributed by atoms with Gasteiger partial charge in [0.25, 0.3) is 0 Å². The summed E-state index contributed by atoms with van der Waals surface area (Å²) in [6.45, 7) is 4.81. The monoisotopic (exact) mass is 795 g/mol. The van der Waals surface area contributed by atoms with E-state index in [1.54, 1.807) is 32.9 Å². The molecular weight excluding hydrogens is 747 g/mol. The predicted molar refractivity (Wildman–Crippen MR) is 206 cm³/mol. The number of nitrogens with zero attached hydrogens (tertiary/aromatic N) is 2. The highest BCUT2D eigenvalue weighted by Crippen LogP contribution is 2.35. The van der Waals surface area contributed by atoms with Gasteiger partial charge in [-0.1, -0.05) is 57.2 Å². The summed E-state index contributed by atoms with van der Waals surface area (Å²) in [6.07, 6.45) is -2.44. The largest absolute Gasteiger partial charge is 0.497 e. The summed E-state index contributed by atoms with van der Waals surface area (Å²) in [7, 11) is 1.49. The molecule has 1 saturated heterocycles. The molecule has 1 aromatic heterocycles. The topological polar surface area (TPSA) is 176 Å². The lowest BCUT2D eigenvalue weighted by Gasteiger charge is -2.30. The number of fused-ring (bicyclic) bond motifs is 1. The number of allylic oxidation sites excluding steroid dienone is 2. The van der Waals surface area contributed by atoms with E-state index >= 15 is 0 Å². The summed E-state index contributed by atoms with van der Waals surface area (Å²) in [5.74, 6) is -4.11. The molecule has 57 heavy (non-hydrogen) atoms. The number of ether oxygens (including phenoxy) is 2. The van der Waals surface area contributed by atoms with Crippen LogP contribution in [0.25, 0.3) is 22.2 Å². The number of likely N-dealkylation sites (tertiary alicyclic amines) is 1. The third-order valence-electron chi connectivity index (χ3n) is 9.32. The minimum Gasteiger partial charge on any atom is -0.497 e. The van der Waals surface area contributed by atoms with Gasteiger partial charge >= 0.3 is 5.97 Å². The zero-order valence-electron chi connectivity index (χ0n) is 32.2. The molecule has 0 radical (unpaired) electrons. The third-order valence-corrected chi connectivity index (χ3v) is 9.32. The van der Waals surface area contributed by atoms with Gasteiger partial charge in [-0.3, -0.25) is 24.0 Å². The number of carboxylic acids is 1. The van der Waals surface area contributed by atoms with E-state index in [9.17, 15) is 37.1 Å². The van der Waals surface area contributed by atoms with Crippen LogP contribution in [0.5, 0.6) is 11.5 Å². The summed E-state index contributed by atoms with van der Waals surface area (Å²) in [6, 6.07) is 12.5. The Bertz CT molecular complexity index is 1960. The standard InChI is InChI=1S/C41H48F3N5O8/c1-5-9-25(30(42)13-15-37(51)52)16-17-45-39(53)33(21-36(43)44)48-40(54)34-19-28(22-49(34)41(55)38(24(2)3)46-23-50)57-35-20-27(56-4)18-32-29(35)12-14-31(47-32)26-10-7-6-8-11-26/h6-14,18,20,23-24,28,33-34,36,38H,5,15-17,19,21-22H2,1-4H3,(H,45,53)(H,46,50)(H,48,54)(H,51,52)/b25-9-,30-13+/t28?,33?,34-,38?/m0/s1. The highest BCUT2D eigenvalue weighted by Gasteiger charge is 2.44. The third kappa shape index (κ3) is 12.0. The first kappa shape index (κ1) is 43.8. The quantitative estimate of drug-likeness (QED) is 0.0869. The lowest BCUT2D eigenvalue weighted by atomic mass is 10.0. The van der Waals surface area contributed by atoms with Crippen LogP contribution < -0.4 is 25.4 Å². The molecule has 0 spiro atoms. The van der Waals surface area contributed by atoms with Gasteiger partial charge in [-0.2, -0.15) is 0 Å². The molecule has 13 nitrogen and oxygen atoms in total. The van der Waals surface area contributed by atoms with Crippen LogP contribution in [0.1, 0.15) is 52.9 Å². The molecule has 16 heteroatoms. The maximum absolute atomic E-state index is 14.6. The number of nitrogens with one attached hydrogen (secondary N) is 3. The van der Waals surface area contributed by atoms with Crippen molar-refractivity contribution in [3.63, 3.8) is 0 Å². The molecule has 4 N–H and O–H groups in total. The number of carboxylic acid groups (broad SMARTS) is 1. The van der Waals surface area contributed by atoms with E-state index in [1.807, 2.05) is 42.5 Å². The number of aromatic nitrogens is 1. The molecule has 0 aliphatic carbocycles. The molecular formula is C41H48F3N5O8. The Hall–Kier alpha value is -5.93. The summed E-state index contributed by atoms with van der Waals surface area (Å²) in [5.41, 5.74) is 2.28.